The number of ketones is 1. The summed E-state index contributed by atoms with van der Waals surface area (Å²) in [6.07, 6.45) is 1.66. The fraction of sp³-hybridized carbons (Fsp3) is 0.500. The van der Waals surface area contributed by atoms with E-state index in [1.165, 1.54) is 11.8 Å². The first kappa shape index (κ1) is 36.8. The number of nitrogens with one attached hydrogen (secondary N) is 2. The highest BCUT2D eigenvalue weighted by Crippen LogP contribution is 2.40. The van der Waals surface area contributed by atoms with Gasteiger partial charge in [-0.05, 0) is 55.0 Å². The SMILES string of the molecule is CCC(=O)N[C@H](Cc1ccc(NC(=O)[C@@H](CC(=O)c2ccnn2CC)C2CCC(F)(F)CC2)cc1)C(=O)N1CCN(Cc2ccccc2)CC1. The molecular formula is C38H48F2N6O4. The van der Waals surface area contributed by atoms with Crippen LogP contribution in [0.2, 0.25) is 0 Å². The molecule has 2 fully saturated rings. The van der Waals surface area contributed by atoms with Gasteiger partial charge in [-0.1, -0.05) is 49.4 Å². The summed E-state index contributed by atoms with van der Waals surface area (Å²) < 4.78 is 29.6. The van der Waals surface area contributed by atoms with Crippen LogP contribution in [0, 0.1) is 11.8 Å². The van der Waals surface area contributed by atoms with Crippen LogP contribution in [0.3, 0.4) is 0 Å². The molecule has 50 heavy (non-hydrogen) atoms. The predicted octanol–water partition coefficient (Wildman–Crippen LogP) is 5.34. The van der Waals surface area contributed by atoms with Crippen LogP contribution in [-0.2, 0) is 33.9 Å². The number of benzene rings is 2. The van der Waals surface area contributed by atoms with E-state index in [-0.39, 0.29) is 68.5 Å². The fourth-order valence-electron chi connectivity index (χ4n) is 6.94. The molecule has 1 saturated carbocycles. The summed E-state index contributed by atoms with van der Waals surface area (Å²) in [5, 5.41) is 9.96. The average molecular weight is 691 g/mol. The van der Waals surface area contributed by atoms with Gasteiger partial charge in [0, 0.05) is 89.2 Å². The largest absolute Gasteiger partial charge is 0.344 e. The number of halogens is 2. The summed E-state index contributed by atoms with van der Waals surface area (Å²) in [5.41, 5.74) is 2.91. The summed E-state index contributed by atoms with van der Waals surface area (Å²) in [6, 6.07) is 18.1. The van der Waals surface area contributed by atoms with Crippen molar-refractivity contribution in [2.24, 2.45) is 11.8 Å². The van der Waals surface area contributed by atoms with Crippen LogP contribution in [0.5, 0.6) is 0 Å². The van der Waals surface area contributed by atoms with E-state index in [1.807, 2.05) is 30.0 Å². The molecule has 0 spiro atoms. The smallest absolute Gasteiger partial charge is 0.248 e. The first-order chi connectivity index (χ1) is 24.0. The van der Waals surface area contributed by atoms with Crippen molar-refractivity contribution < 1.29 is 28.0 Å². The molecule has 1 aromatic heterocycles. The highest BCUT2D eigenvalue weighted by Gasteiger charge is 2.40. The van der Waals surface area contributed by atoms with Crippen molar-refractivity contribution in [2.75, 3.05) is 31.5 Å². The van der Waals surface area contributed by atoms with Crippen LogP contribution in [0.4, 0.5) is 14.5 Å². The molecule has 3 aromatic rings. The Labute approximate surface area is 292 Å². The molecule has 2 N–H and O–H groups in total. The standard InChI is InChI=1S/C38H48F2N6O4/c1-3-35(48)43-32(37(50)45-22-20-44(21-23-45)26-28-8-6-5-7-9-28)24-27-10-12-30(13-11-27)42-36(49)31(29-14-17-38(39,40)18-15-29)25-34(47)33-16-19-41-46(33)4-2/h5-13,16,19,29,31-32H,3-4,14-15,17-18,20-26H2,1-2H3,(H,42,49)(H,43,48)/t31-,32+/m0/s1. The van der Waals surface area contributed by atoms with E-state index in [0.717, 1.165) is 25.2 Å². The number of hydrogen-bond donors (Lipinski definition) is 2. The minimum atomic E-state index is -2.76. The zero-order valence-corrected chi connectivity index (χ0v) is 29.0. The maximum atomic E-state index is 14.0. The third-order valence-electron chi connectivity index (χ3n) is 9.92. The van der Waals surface area contributed by atoms with Crippen LogP contribution in [0.15, 0.2) is 66.9 Å². The second-order valence-corrected chi connectivity index (χ2v) is 13.4. The molecule has 2 atom stereocenters. The molecule has 0 bridgehead atoms. The van der Waals surface area contributed by atoms with Crippen molar-refractivity contribution in [3.05, 3.63) is 83.7 Å². The van der Waals surface area contributed by atoms with E-state index in [9.17, 15) is 28.0 Å². The molecule has 12 heteroatoms. The Morgan fingerprint density at radius 2 is 1.58 bits per heavy atom. The van der Waals surface area contributed by atoms with Crippen molar-refractivity contribution >= 4 is 29.2 Å². The number of aromatic nitrogens is 2. The van der Waals surface area contributed by atoms with Crippen molar-refractivity contribution in [1.29, 1.82) is 0 Å². The van der Waals surface area contributed by atoms with Crippen molar-refractivity contribution in [3.63, 3.8) is 0 Å². The first-order valence-corrected chi connectivity index (χ1v) is 17.7. The molecule has 2 heterocycles. The molecule has 1 aliphatic heterocycles. The molecular weight excluding hydrogens is 642 g/mol. The number of rotatable bonds is 14. The lowest BCUT2D eigenvalue weighted by molar-refractivity contribution is -0.138. The Hall–Kier alpha value is -4.45. The lowest BCUT2D eigenvalue weighted by Gasteiger charge is -2.36. The van der Waals surface area contributed by atoms with E-state index in [4.69, 9.17) is 0 Å². The monoisotopic (exact) mass is 690 g/mol. The van der Waals surface area contributed by atoms with Gasteiger partial charge in [-0.25, -0.2) is 8.78 Å². The fourth-order valence-corrected chi connectivity index (χ4v) is 6.94. The van der Waals surface area contributed by atoms with Crippen molar-refractivity contribution in [3.8, 4) is 0 Å². The van der Waals surface area contributed by atoms with Crippen LogP contribution >= 0.6 is 0 Å². The van der Waals surface area contributed by atoms with E-state index in [0.29, 0.717) is 31.0 Å². The number of hydrogen-bond acceptors (Lipinski definition) is 6. The zero-order valence-electron chi connectivity index (χ0n) is 29.0. The Kier molecular flexibility index (Phi) is 12.5. The normalized spacial score (nSPS) is 17.9. The van der Waals surface area contributed by atoms with E-state index < -0.39 is 23.8 Å². The van der Waals surface area contributed by atoms with E-state index >= 15 is 0 Å². The van der Waals surface area contributed by atoms with Crippen LogP contribution < -0.4 is 10.6 Å². The topological polar surface area (TPSA) is 117 Å². The van der Waals surface area contributed by atoms with Gasteiger partial charge in [0.1, 0.15) is 11.7 Å². The zero-order chi connectivity index (χ0) is 35.7. The maximum Gasteiger partial charge on any atom is 0.248 e. The second kappa shape index (κ2) is 17.0. The molecule has 0 radical (unpaired) electrons. The third-order valence-corrected chi connectivity index (χ3v) is 9.92. The number of Topliss-reactive ketones (excluding diaryl/α,β-unsaturated/α-hetero) is 1. The summed E-state index contributed by atoms with van der Waals surface area (Å²) >= 11 is 0. The van der Waals surface area contributed by atoms with Crippen LogP contribution in [0.25, 0.3) is 0 Å². The van der Waals surface area contributed by atoms with Gasteiger partial charge < -0.3 is 15.5 Å². The molecule has 268 valence electrons. The van der Waals surface area contributed by atoms with Gasteiger partial charge in [-0.15, -0.1) is 0 Å². The maximum absolute atomic E-state index is 14.0. The van der Waals surface area contributed by atoms with Gasteiger partial charge in [0.2, 0.25) is 23.6 Å². The van der Waals surface area contributed by atoms with Gasteiger partial charge in [-0.3, -0.25) is 28.8 Å². The van der Waals surface area contributed by atoms with Gasteiger partial charge in [0.05, 0.1) is 0 Å². The number of carbonyl (C=O) groups is 4. The summed E-state index contributed by atoms with van der Waals surface area (Å²) in [5.74, 6) is -4.87. The summed E-state index contributed by atoms with van der Waals surface area (Å²) in [7, 11) is 0. The number of carbonyl (C=O) groups excluding carboxylic acids is 4. The number of aryl methyl sites for hydroxylation is 1. The number of anilines is 1. The van der Waals surface area contributed by atoms with E-state index in [2.05, 4.69) is 32.8 Å². The Morgan fingerprint density at radius 3 is 2.22 bits per heavy atom. The molecule has 1 saturated heterocycles. The second-order valence-electron chi connectivity index (χ2n) is 13.4. The summed E-state index contributed by atoms with van der Waals surface area (Å²) in [4.78, 5) is 57.2. The molecule has 3 amide bonds. The summed E-state index contributed by atoms with van der Waals surface area (Å²) in [6.45, 7) is 7.53. The molecule has 2 aromatic carbocycles. The first-order valence-electron chi connectivity index (χ1n) is 17.7. The minimum absolute atomic E-state index is 0.104. The highest BCUT2D eigenvalue weighted by atomic mass is 19.3. The number of alkyl halides is 2. The Bertz CT molecular complexity index is 1590. The van der Waals surface area contributed by atoms with Gasteiger partial charge in [0.25, 0.3) is 0 Å². The molecule has 0 unspecified atom stereocenters. The van der Waals surface area contributed by atoms with Crippen LogP contribution in [-0.4, -0.2) is 81.2 Å². The molecule has 1 aliphatic carbocycles. The van der Waals surface area contributed by atoms with Crippen LogP contribution in [0.1, 0.15) is 74.0 Å². The van der Waals surface area contributed by atoms with E-state index in [1.54, 1.807) is 41.9 Å². The van der Waals surface area contributed by atoms with Crippen molar-refractivity contribution in [2.45, 2.75) is 83.8 Å². The number of piperazine rings is 1. The molecule has 10 nitrogen and oxygen atoms in total. The number of amides is 3. The van der Waals surface area contributed by atoms with Gasteiger partial charge >= 0.3 is 0 Å². The van der Waals surface area contributed by atoms with Crippen molar-refractivity contribution in [1.82, 2.24) is 24.9 Å². The highest BCUT2D eigenvalue weighted by molar-refractivity contribution is 6.00. The Morgan fingerprint density at radius 1 is 0.900 bits per heavy atom. The third kappa shape index (κ3) is 9.83. The molecule has 2 aliphatic rings. The number of nitrogens with zero attached hydrogens (tertiary/aromatic N) is 4. The van der Waals surface area contributed by atoms with Gasteiger partial charge in [-0.2, -0.15) is 5.10 Å². The Balaban J connectivity index is 1.22. The molecule has 5 rings (SSSR count). The lowest BCUT2D eigenvalue weighted by atomic mass is 9.76. The predicted molar refractivity (Wildman–Crippen MR) is 187 cm³/mol. The average Bonchev–Trinajstić information content (AvgIpc) is 3.61. The van der Waals surface area contributed by atoms with Gasteiger partial charge in [0.15, 0.2) is 5.78 Å². The quantitative estimate of drug-likeness (QED) is 0.221. The minimum Gasteiger partial charge on any atom is -0.344 e. The lowest BCUT2D eigenvalue weighted by Crippen LogP contribution is -2.55.